The third-order valence-corrected chi connectivity index (χ3v) is 2.95. The number of hydrogen-bond acceptors (Lipinski definition) is 4. The number of hydrogen-bond donors (Lipinski definition) is 0. The predicted octanol–water partition coefficient (Wildman–Crippen LogP) is 1.52. The minimum absolute atomic E-state index is 0.0910. The van der Waals surface area contributed by atoms with E-state index in [1.807, 2.05) is 4.90 Å². The minimum atomic E-state index is -0.316. The lowest BCUT2D eigenvalue weighted by molar-refractivity contribution is -0.142. The van der Waals surface area contributed by atoms with Gasteiger partial charge >= 0.3 is 5.97 Å². The summed E-state index contributed by atoms with van der Waals surface area (Å²) in [5.74, 6) is -0.225. The van der Waals surface area contributed by atoms with Gasteiger partial charge in [0.15, 0.2) is 0 Å². The predicted molar refractivity (Wildman–Crippen MR) is 75.9 cm³/mol. The number of methoxy groups -OCH3 is 1. The molecule has 1 amide bonds. The van der Waals surface area contributed by atoms with Crippen LogP contribution < -0.4 is 0 Å². The van der Waals surface area contributed by atoms with Gasteiger partial charge in [0, 0.05) is 13.1 Å². The molecular weight excluding hydrogens is 244 g/mol. The van der Waals surface area contributed by atoms with Gasteiger partial charge in [-0.15, -0.1) is 0 Å². The molecule has 0 aromatic rings. The Hall–Kier alpha value is -1.10. The Morgan fingerprint density at radius 3 is 1.95 bits per heavy atom. The summed E-state index contributed by atoms with van der Waals surface area (Å²) in [7, 11) is 3.11. The summed E-state index contributed by atoms with van der Waals surface area (Å²) in [6.45, 7) is 6.26. The zero-order chi connectivity index (χ0) is 14.7. The van der Waals surface area contributed by atoms with Gasteiger partial charge in [0.05, 0.1) is 20.2 Å². The number of likely N-dealkylation sites (N-methyl/N-ethyl adjacent to an activating group) is 1. The molecule has 0 aromatic carbocycles. The molecule has 0 heterocycles. The molecule has 0 aliphatic heterocycles. The van der Waals surface area contributed by atoms with E-state index in [2.05, 4.69) is 18.6 Å². The molecule has 0 aliphatic carbocycles. The van der Waals surface area contributed by atoms with Crippen molar-refractivity contribution in [3.63, 3.8) is 0 Å². The van der Waals surface area contributed by atoms with Crippen molar-refractivity contribution in [3.8, 4) is 0 Å². The van der Waals surface area contributed by atoms with Gasteiger partial charge in [-0.2, -0.15) is 0 Å². The van der Waals surface area contributed by atoms with E-state index < -0.39 is 0 Å². The van der Waals surface area contributed by atoms with Crippen molar-refractivity contribution in [2.24, 2.45) is 0 Å². The van der Waals surface area contributed by atoms with E-state index in [1.165, 1.54) is 7.11 Å². The Morgan fingerprint density at radius 2 is 1.53 bits per heavy atom. The summed E-state index contributed by atoms with van der Waals surface area (Å²) < 4.78 is 4.59. The number of nitrogens with zero attached hydrogens (tertiary/aromatic N) is 2. The smallest absolute Gasteiger partial charge is 0.319 e. The third kappa shape index (κ3) is 8.59. The molecule has 0 bridgehead atoms. The highest BCUT2D eigenvalue weighted by Gasteiger charge is 2.16. The normalized spacial score (nSPS) is 10.6. The highest BCUT2D eigenvalue weighted by atomic mass is 16.5. The van der Waals surface area contributed by atoms with Crippen LogP contribution in [0.15, 0.2) is 0 Å². The second-order valence-electron chi connectivity index (χ2n) is 4.84. The molecule has 0 saturated carbocycles. The summed E-state index contributed by atoms with van der Waals surface area (Å²) in [6, 6.07) is 0. The molecule has 19 heavy (non-hydrogen) atoms. The van der Waals surface area contributed by atoms with E-state index in [1.54, 1.807) is 11.9 Å². The summed E-state index contributed by atoms with van der Waals surface area (Å²) in [4.78, 5) is 26.9. The van der Waals surface area contributed by atoms with Crippen LogP contribution in [-0.2, 0) is 14.3 Å². The number of amides is 1. The summed E-state index contributed by atoms with van der Waals surface area (Å²) >= 11 is 0. The lowest BCUT2D eigenvalue weighted by Gasteiger charge is -2.25. The van der Waals surface area contributed by atoms with Gasteiger partial charge in [-0.1, -0.05) is 26.7 Å². The zero-order valence-corrected chi connectivity index (χ0v) is 12.8. The summed E-state index contributed by atoms with van der Waals surface area (Å²) in [5.41, 5.74) is 0. The van der Waals surface area contributed by atoms with Gasteiger partial charge in [0.25, 0.3) is 0 Å². The molecule has 0 aliphatic rings. The average Bonchev–Trinajstić information content (AvgIpc) is 2.38. The molecule has 0 radical (unpaired) electrons. The van der Waals surface area contributed by atoms with Crippen molar-refractivity contribution in [1.82, 2.24) is 9.80 Å². The van der Waals surface area contributed by atoms with Crippen molar-refractivity contribution >= 4 is 11.9 Å². The van der Waals surface area contributed by atoms with Crippen molar-refractivity contribution < 1.29 is 14.3 Å². The highest BCUT2D eigenvalue weighted by molar-refractivity contribution is 5.79. The average molecular weight is 272 g/mol. The molecule has 0 spiro atoms. The van der Waals surface area contributed by atoms with Gasteiger partial charge in [-0.25, -0.2) is 0 Å². The molecule has 5 heteroatoms. The fraction of sp³-hybridized carbons (Fsp3) is 0.857. The van der Waals surface area contributed by atoms with Crippen LogP contribution in [0.25, 0.3) is 0 Å². The number of rotatable bonds is 10. The van der Waals surface area contributed by atoms with Gasteiger partial charge in [-0.3, -0.25) is 14.5 Å². The maximum Gasteiger partial charge on any atom is 0.319 e. The summed E-state index contributed by atoms with van der Waals surface area (Å²) in [5, 5.41) is 0. The zero-order valence-electron chi connectivity index (χ0n) is 12.8. The van der Waals surface area contributed by atoms with Crippen LogP contribution in [0.1, 0.15) is 39.5 Å². The Morgan fingerprint density at radius 1 is 1.00 bits per heavy atom. The monoisotopic (exact) mass is 272 g/mol. The molecule has 0 saturated heterocycles. The molecule has 5 nitrogen and oxygen atoms in total. The van der Waals surface area contributed by atoms with Crippen LogP contribution in [0.4, 0.5) is 0 Å². The first-order chi connectivity index (χ1) is 9.04. The Balaban J connectivity index is 4.24. The van der Waals surface area contributed by atoms with Crippen molar-refractivity contribution in [2.45, 2.75) is 39.5 Å². The largest absolute Gasteiger partial charge is 0.468 e. The van der Waals surface area contributed by atoms with E-state index in [0.29, 0.717) is 0 Å². The van der Waals surface area contributed by atoms with Crippen LogP contribution in [-0.4, -0.2) is 62.0 Å². The first kappa shape index (κ1) is 17.9. The molecular formula is C14H28N2O3. The molecule has 112 valence electrons. The van der Waals surface area contributed by atoms with E-state index in [-0.39, 0.29) is 25.0 Å². The van der Waals surface area contributed by atoms with Crippen LogP contribution in [0.5, 0.6) is 0 Å². The topological polar surface area (TPSA) is 49.9 Å². The van der Waals surface area contributed by atoms with Crippen LogP contribution in [0, 0.1) is 0 Å². The van der Waals surface area contributed by atoms with E-state index in [4.69, 9.17) is 0 Å². The standard InChI is InChI=1S/C14H28N2O3/c1-5-7-9-16(10-8-6-2)13(17)11-15(3)12-14(18)19-4/h5-12H2,1-4H3. The number of carbonyl (C=O) groups excluding carboxylic acids is 2. The second-order valence-corrected chi connectivity index (χ2v) is 4.84. The molecule has 0 rings (SSSR count). The first-order valence-corrected chi connectivity index (χ1v) is 7.08. The van der Waals surface area contributed by atoms with Crippen molar-refractivity contribution in [1.29, 1.82) is 0 Å². The molecule has 0 aromatic heterocycles. The lowest BCUT2D eigenvalue weighted by Crippen LogP contribution is -2.41. The number of esters is 1. The maximum absolute atomic E-state index is 12.2. The SMILES string of the molecule is CCCCN(CCCC)C(=O)CN(C)CC(=O)OC. The fourth-order valence-corrected chi connectivity index (χ4v) is 1.73. The van der Waals surface area contributed by atoms with E-state index in [0.717, 1.165) is 38.8 Å². The van der Waals surface area contributed by atoms with E-state index in [9.17, 15) is 9.59 Å². The Labute approximate surface area is 116 Å². The summed E-state index contributed by atoms with van der Waals surface area (Å²) in [6.07, 6.45) is 4.20. The lowest BCUT2D eigenvalue weighted by atomic mass is 10.2. The molecule has 0 N–H and O–H groups in total. The van der Waals surface area contributed by atoms with Crippen molar-refractivity contribution in [3.05, 3.63) is 0 Å². The first-order valence-electron chi connectivity index (χ1n) is 7.08. The Bertz CT molecular complexity index is 261. The highest BCUT2D eigenvalue weighted by Crippen LogP contribution is 2.01. The fourth-order valence-electron chi connectivity index (χ4n) is 1.73. The van der Waals surface area contributed by atoms with Crippen LogP contribution in [0.2, 0.25) is 0 Å². The van der Waals surface area contributed by atoms with Crippen molar-refractivity contribution in [2.75, 3.05) is 40.3 Å². The van der Waals surface area contributed by atoms with E-state index >= 15 is 0 Å². The molecule has 0 atom stereocenters. The van der Waals surface area contributed by atoms with Crippen LogP contribution in [0.3, 0.4) is 0 Å². The van der Waals surface area contributed by atoms with Crippen LogP contribution >= 0.6 is 0 Å². The van der Waals surface area contributed by atoms with Gasteiger partial charge in [-0.05, 0) is 19.9 Å². The van der Waals surface area contributed by atoms with Gasteiger partial charge < -0.3 is 9.64 Å². The van der Waals surface area contributed by atoms with Gasteiger partial charge in [0.1, 0.15) is 0 Å². The minimum Gasteiger partial charge on any atom is -0.468 e. The molecule has 0 unspecified atom stereocenters. The van der Waals surface area contributed by atoms with Gasteiger partial charge in [0.2, 0.25) is 5.91 Å². The quantitative estimate of drug-likeness (QED) is 0.566. The number of unbranched alkanes of at least 4 members (excludes halogenated alkanes) is 2. The maximum atomic E-state index is 12.2. The molecule has 0 fully saturated rings. The second kappa shape index (κ2) is 10.8. The number of ether oxygens (including phenoxy) is 1. The third-order valence-electron chi connectivity index (χ3n) is 2.95. The number of carbonyl (C=O) groups is 2. The Kier molecular flexibility index (Phi) is 10.2.